The van der Waals surface area contributed by atoms with Crippen LogP contribution in [0.2, 0.25) is 0 Å². The van der Waals surface area contributed by atoms with Gasteiger partial charge in [-0.1, -0.05) is 0 Å². The van der Waals surface area contributed by atoms with E-state index in [0.717, 1.165) is 0 Å². The zero-order chi connectivity index (χ0) is 14.0. The van der Waals surface area contributed by atoms with Crippen LogP contribution in [0.4, 0.5) is 0 Å². The first-order valence-corrected chi connectivity index (χ1v) is 4.33. The van der Waals surface area contributed by atoms with Gasteiger partial charge in [-0.2, -0.15) is 0 Å². The zero-order valence-electron chi connectivity index (χ0n) is 12.7. The average Bonchev–Trinajstić information content (AvgIpc) is 2.26. The second-order valence-corrected chi connectivity index (χ2v) is 3.13. The fourth-order valence-electron chi connectivity index (χ4n) is 1.29. The van der Waals surface area contributed by atoms with Crippen LogP contribution in [-0.4, -0.2) is 34.1 Å². The van der Waals surface area contributed by atoms with Crippen LogP contribution < -0.4 is 10.2 Å². The Kier molecular flexibility index (Phi) is 28.3. The van der Waals surface area contributed by atoms with Crippen molar-refractivity contribution in [1.29, 1.82) is 0 Å². The first-order valence-electron chi connectivity index (χ1n) is 4.33. The Bertz CT molecular complexity index is 485. The molecule has 0 fully saturated rings. The Morgan fingerprint density at radius 2 is 0.800 bits per heavy atom. The minimum Gasteiger partial charge on any atom is -0.545 e. The number of carboxylic acid groups (broad SMARTS) is 4. The molecule has 0 atom stereocenters. The molecule has 0 radical (unpaired) electrons. The maximum absolute atomic E-state index is 10.7. The predicted molar refractivity (Wildman–Crippen MR) is 78.3 cm³/mol. The molecule has 25 heavy (non-hydrogen) atoms. The molecule has 1 aromatic carbocycles. The fourth-order valence-corrected chi connectivity index (χ4v) is 1.29. The maximum Gasteiger partial charge on any atom is 2.00 e. The standard InChI is InChI=1S/C10H6O8.6H2O.Zn/c11-7(12)3-1-4(8(13)14)6(10(17)18)2-5(3)9(15)16;;;;;;;/h1-2H,(H,11,12)(H,13,14)(H,15,16)(H,17,18);6*1H2;/q;;;;;;;+2/p+4. The molecule has 0 aliphatic heterocycles. The van der Waals surface area contributed by atoms with E-state index < -0.39 is 46.1 Å². The first kappa shape index (κ1) is 43.3. The van der Waals surface area contributed by atoms with Crippen molar-refractivity contribution in [2.75, 3.05) is 0 Å². The second-order valence-electron chi connectivity index (χ2n) is 3.13. The fraction of sp³-hybridized carbons (Fsp3) is 0. The molecule has 20 N–H and O–H groups in total. The van der Waals surface area contributed by atoms with Crippen LogP contribution in [0.25, 0.3) is 0 Å². The molecule has 0 saturated carbocycles. The summed E-state index contributed by atoms with van der Waals surface area (Å²) in [6.45, 7) is 0. The Hall–Kier alpha value is -2.52. The molecule has 0 unspecified atom stereocenters. The van der Waals surface area contributed by atoms with Crippen molar-refractivity contribution >= 4 is 23.9 Å². The van der Waals surface area contributed by atoms with E-state index in [2.05, 4.69) is 0 Å². The van der Waals surface area contributed by atoms with E-state index in [1.165, 1.54) is 0 Å². The van der Waals surface area contributed by atoms with Crippen LogP contribution in [0.15, 0.2) is 12.1 Å². The predicted octanol–water partition coefficient (Wildman–Crippen LogP) is -7.72. The SMILES string of the molecule is O=C([O-])c1cc(C(=O)[O-])c(C(=O)O)cc1C(=O)O.[OH3+].[OH3+].[OH3+].[OH3+].[OH3+].[OH3+].[Zn+2]. The molecule has 1 aromatic rings. The van der Waals surface area contributed by atoms with Crippen LogP contribution in [0.3, 0.4) is 0 Å². The number of carboxylic acids is 4. The van der Waals surface area contributed by atoms with Gasteiger partial charge in [-0.15, -0.1) is 0 Å². The summed E-state index contributed by atoms with van der Waals surface area (Å²) < 4.78 is 0. The summed E-state index contributed by atoms with van der Waals surface area (Å²) in [4.78, 5) is 42.8. The smallest absolute Gasteiger partial charge is 0.545 e. The van der Waals surface area contributed by atoms with Gasteiger partial charge in [0, 0.05) is 11.1 Å². The maximum atomic E-state index is 10.7. The molecule has 0 aliphatic rings. The van der Waals surface area contributed by atoms with Gasteiger partial charge in [0.15, 0.2) is 0 Å². The normalized spacial score (nSPS) is 7.04. The molecule has 0 amide bonds. The molecule has 0 spiro atoms. The third-order valence-electron chi connectivity index (χ3n) is 2.06. The van der Waals surface area contributed by atoms with E-state index in [4.69, 9.17) is 10.2 Å². The number of hydrogen-bond acceptors (Lipinski definition) is 6. The summed E-state index contributed by atoms with van der Waals surface area (Å²) in [6.07, 6.45) is 0. The topological polar surface area (TPSA) is 353 Å². The Morgan fingerprint density at radius 1 is 0.600 bits per heavy atom. The molecule has 0 aromatic heterocycles. The molecule has 0 aliphatic carbocycles. The van der Waals surface area contributed by atoms with Gasteiger partial charge in [0.2, 0.25) is 0 Å². The van der Waals surface area contributed by atoms with Crippen LogP contribution in [0, 0.1) is 0 Å². The first-order chi connectivity index (χ1) is 8.25. The van der Waals surface area contributed by atoms with Crippen molar-refractivity contribution < 1.29 is 91.9 Å². The second kappa shape index (κ2) is 16.3. The van der Waals surface area contributed by atoms with Gasteiger partial charge in [-0.3, -0.25) is 0 Å². The van der Waals surface area contributed by atoms with E-state index in [9.17, 15) is 29.4 Å². The number of carbonyl (C=O) groups is 4. The third kappa shape index (κ3) is 9.38. The van der Waals surface area contributed by atoms with Gasteiger partial charge in [0.25, 0.3) is 0 Å². The Balaban J connectivity index is -0.0000000926. The Labute approximate surface area is 150 Å². The quantitative estimate of drug-likeness (QED) is 0.339. The minimum atomic E-state index is -1.94. The third-order valence-corrected chi connectivity index (χ3v) is 2.06. The van der Waals surface area contributed by atoms with Gasteiger partial charge >= 0.3 is 31.4 Å². The molecule has 0 saturated heterocycles. The molecule has 14 nitrogen and oxygen atoms in total. The van der Waals surface area contributed by atoms with Crippen molar-refractivity contribution in [3.05, 3.63) is 34.4 Å². The van der Waals surface area contributed by atoms with E-state index in [1.807, 2.05) is 0 Å². The van der Waals surface area contributed by atoms with Gasteiger partial charge in [-0.25, -0.2) is 9.59 Å². The van der Waals surface area contributed by atoms with Gasteiger partial charge in [0.05, 0.1) is 23.1 Å². The average molecular weight is 432 g/mol. The molecule has 1 rings (SSSR count). The molecular formula is C10H22O14Zn+6. The monoisotopic (exact) mass is 430 g/mol. The van der Waals surface area contributed by atoms with Crippen LogP contribution in [0.1, 0.15) is 41.4 Å². The van der Waals surface area contributed by atoms with E-state index in [1.54, 1.807) is 0 Å². The summed E-state index contributed by atoms with van der Waals surface area (Å²) in [7, 11) is 0. The summed E-state index contributed by atoms with van der Waals surface area (Å²) in [5, 5.41) is 38.7. The van der Waals surface area contributed by atoms with Crippen molar-refractivity contribution in [2.24, 2.45) is 0 Å². The minimum absolute atomic E-state index is 0. The van der Waals surface area contributed by atoms with E-state index in [0.29, 0.717) is 12.1 Å². The molecule has 15 heteroatoms. The van der Waals surface area contributed by atoms with E-state index in [-0.39, 0.29) is 52.3 Å². The Morgan fingerprint density at radius 3 is 0.960 bits per heavy atom. The summed E-state index contributed by atoms with van der Waals surface area (Å²) in [5.74, 6) is -7.32. The van der Waals surface area contributed by atoms with Crippen LogP contribution in [-0.2, 0) is 52.3 Å². The van der Waals surface area contributed by atoms with Gasteiger partial charge in [0.1, 0.15) is 0 Å². The zero-order valence-corrected chi connectivity index (χ0v) is 15.6. The summed E-state index contributed by atoms with van der Waals surface area (Å²) in [6, 6.07) is 0.818. The molecular weight excluding hydrogens is 409 g/mol. The largest absolute Gasteiger partial charge is 2.00 e. The number of carbonyl (C=O) groups excluding carboxylic acids is 2. The van der Waals surface area contributed by atoms with E-state index >= 15 is 0 Å². The molecule has 0 bridgehead atoms. The number of rotatable bonds is 4. The number of benzene rings is 1. The van der Waals surface area contributed by atoms with Crippen molar-refractivity contribution in [2.45, 2.75) is 0 Å². The van der Waals surface area contributed by atoms with Crippen molar-refractivity contribution in [3.63, 3.8) is 0 Å². The number of hydrogen-bond donors (Lipinski definition) is 2. The number of aromatic carboxylic acids is 4. The molecule has 0 heterocycles. The van der Waals surface area contributed by atoms with Gasteiger partial charge in [-0.05, 0) is 12.1 Å². The van der Waals surface area contributed by atoms with Crippen molar-refractivity contribution in [1.82, 2.24) is 0 Å². The van der Waals surface area contributed by atoms with Crippen molar-refractivity contribution in [3.8, 4) is 0 Å². The summed E-state index contributed by atoms with van der Waals surface area (Å²) >= 11 is 0. The van der Waals surface area contributed by atoms with Gasteiger partial charge < -0.3 is 62.9 Å². The molecule has 142 valence electrons. The van der Waals surface area contributed by atoms with Crippen LogP contribution in [0.5, 0.6) is 0 Å². The summed E-state index contributed by atoms with van der Waals surface area (Å²) in [5.41, 5.74) is -3.63. The van der Waals surface area contributed by atoms with Crippen LogP contribution >= 0.6 is 0 Å².